The normalized spacial score (nSPS) is 18.3. The molecule has 1 amide bonds. The van der Waals surface area contributed by atoms with Gasteiger partial charge < -0.3 is 15.4 Å². The van der Waals surface area contributed by atoms with Crippen LogP contribution in [-0.4, -0.2) is 36.7 Å². The van der Waals surface area contributed by atoms with E-state index in [4.69, 9.17) is 4.74 Å². The van der Waals surface area contributed by atoms with Gasteiger partial charge in [-0.3, -0.25) is 4.79 Å². The molecule has 1 aromatic heterocycles. The van der Waals surface area contributed by atoms with Crippen LogP contribution in [0.15, 0.2) is 18.3 Å². The molecule has 0 saturated carbocycles. The molecular formula is C14H21N3O2. The highest BCUT2D eigenvalue weighted by atomic mass is 16.5. The third kappa shape index (κ3) is 4.21. The van der Waals surface area contributed by atoms with Crippen LogP contribution >= 0.6 is 0 Å². The highest BCUT2D eigenvalue weighted by Gasteiger charge is 2.15. The van der Waals surface area contributed by atoms with Gasteiger partial charge in [-0.15, -0.1) is 0 Å². The molecule has 1 unspecified atom stereocenters. The fourth-order valence-corrected chi connectivity index (χ4v) is 2.13. The largest absolute Gasteiger partial charge is 0.378 e. The van der Waals surface area contributed by atoms with Crippen molar-refractivity contribution < 1.29 is 9.53 Å². The zero-order chi connectivity index (χ0) is 13.5. The summed E-state index contributed by atoms with van der Waals surface area (Å²) in [7, 11) is 0. The van der Waals surface area contributed by atoms with Crippen LogP contribution in [0.5, 0.6) is 0 Å². The van der Waals surface area contributed by atoms with Crippen molar-refractivity contribution in [2.45, 2.75) is 32.3 Å². The van der Waals surface area contributed by atoms with Crippen LogP contribution in [0, 0.1) is 0 Å². The number of carbonyl (C=O) groups is 1. The number of nitrogens with zero attached hydrogens (tertiary/aromatic N) is 1. The van der Waals surface area contributed by atoms with Crippen LogP contribution in [0.1, 0.15) is 36.5 Å². The first kappa shape index (κ1) is 13.8. The zero-order valence-corrected chi connectivity index (χ0v) is 11.3. The van der Waals surface area contributed by atoms with Crippen LogP contribution < -0.4 is 10.6 Å². The van der Waals surface area contributed by atoms with Gasteiger partial charge >= 0.3 is 0 Å². The van der Waals surface area contributed by atoms with Gasteiger partial charge in [0.1, 0.15) is 5.82 Å². The van der Waals surface area contributed by atoms with Crippen LogP contribution in [0.25, 0.3) is 0 Å². The molecule has 0 radical (unpaired) electrons. The number of nitrogens with one attached hydrogen (secondary N) is 2. The Balaban J connectivity index is 1.75. The van der Waals surface area contributed by atoms with E-state index < -0.39 is 0 Å². The zero-order valence-electron chi connectivity index (χ0n) is 11.3. The minimum atomic E-state index is -0.0754. The van der Waals surface area contributed by atoms with Crippen molar-refractivity contribution in [3.63, 3.8) is 0 Å². The van der Waals surface area contributed by atoms with E-state index in [2.05, 4.69) is 15.6 Å². The molecule has 2 heterocycles. The second-order valence-electron chi connectivity index (χ2n) is 4.64. The molecule has 104 valence electrons. The number of rotatable bonds is 6. The van der Waals surface area contributed by atoms with E-state index >= 15 is 0 Å². The lowest BCUT2D eigenvalue weighted by Gasteiger charge is -2.10. The van der Waals surface area contributed by atoms with Gasteiger partial charge in [0, 0.05) is 25.9 Å². The first-order valence-corrected chi connectivity index (χ1v) is 6.89. The Morgan fingerprint density at radius 1 is 1.53 bits per heavy atom. The van der Waals surface area contributed by atoms with E-state index in [1.807, 2.05) is 13.0 Å². The molecule has 0 bridgehead atoms. The van der Waals surface area contributed by atoms with Crippen LogP contribution in [-0.2, 0) is 4.74 Å². The summed E-state index contributed by atoms with van der Waals surface area (Å²) in [5.41, 5.74) is 0.592. The molecular weight excluding hydrogens is 242 g/mol. The van der Waals surface area contributed by atoms with Crippen LogP contribution in [0.3, 0.4) is 0 Å². The topological polar surface area (TPSA) is 63.2 Å². The van der Waals surface area contributed by atoms with Crippen molar-refractivity contribution in [3.8, 4) is 0 Å². The van der Waals surface area contributed by atoms with Crippen LogP contribution in [0.4, 0.5) is 5.82 Å². The average Bonchev–Trinajstić information content (AvgIpc) is 2.93. The first-order valence-electron chi connectivity index (χ1n) is 6.89. The Labute approximate surface area is 113 Å². The molecule has 0 aliphatic carbocycles. The molecule has 5 nitrogen and oxygen atoms in total. The number of hydrogen-bond acceptors (Lipinski definition) is 4. The average molecular weight is 263 g/mol. The molecule has 2 rings (SSSR count). The quantitative estimate of drug-likeness (QED) is 0.821. The standard InChI is InChI=1S/C14H21N3O2/c1-2-15-13-6-5-11(10-17-13)14(18)16-8-7-12-4-3-9-19-12/h5-6,10,12H,2-4,7-9H2,1H3,(H,15,17)(H,16,18). The third-order valence-corrected chi connectivity index (χ3v) is 3.16. The lowest BCUT2D eigenvalue weighted by atomic mass is 10.2. The summed E-state index contributed by atoms with van der Waals surface area (Å²) in [5.74, 6) is 0.715. The van der Waals surface area contributed by atoms with E-state index in [1.165, 1.54) is 0 Å². The number of hydrogen-bond donors (Lipinski definition) is 2. The summed E-state index contributed by atoms with van der Waals surface area (Å²) in [6.45, 7) is 4.33. The van der Waals surface area contributed by atoms with Crippen molar-refractivity contribution in [1.82, 2.24) is 10.3 Å². The molecule has 2 N–H and O–H groups in total. The molecule has 1 atom stereocenters. The SMILES string of the molecule is CCNc1ccc(C(=O)NCCC2CCCO2)cn1. The van der Waals surface area contributed by atoms with Crippen molar-refractivity contribution >= 4 is 11.7 Å². The van der Waals surface area contributed by atoms with Crippen LogP contribution in [0.2, 0.25) is 0 Å². The maximum atomic E-state index is 11.9. The summed E-state index contributed by atoms with van der Waals surface area (Å²) >= 11 is 0. The maximum absolute atomic E-state index is 11.9. The fraction of sp³-hybridized carbons (Fsp3) is 0.571. The second kappa shape index (κ2) is 7.09. The van der Waals surface area contributed by atoms with Gasteiger partial charge in [-0.1, -0.05) is 0 Å². The van der Waals surface area contributed by atoms with Gasteiger partial charge in [0.2, 0.25) is 0 Å². The van der Waals surface area contributed by atoms with Gasteiger partial charge in [0.15, 0.2) is 0 Å². The van der Waals surface area contributed by atoms with Crippen molar-refractivity contribution in [2.75, 3.05) is 25.0 Å². The lowest BCUT2D eigenvalue weighted by Crippen LogP contribution is -2.27. The Kier molecular flexibility index (Phi) is 5.15. The highest BCUT2D eigenvalue weighted by molar-refractivity contribution is 5.94. The van der Waals surface area contributed by atoms with Gasteiger partial charge in [-0.2, -0.15) is 0 Å². The molecule has 1 aliphatic heterocycles. The summed E-state index contributed by atoms with van der Waals surface area (Å²) in [6.07, 6.45) is 5.03. The van der Waals surface area contributed by atoms with Gasteiger partial charge in [-0.05, 0) is 38.3 Å². The van der Waals surface area contributed by atoms with Gasteiger partial charge in [0.05, 0.1) is 11.7 Å². The smallest absolute Gasteiger partial charge is 0.252 e. The number of ether oxygens (including phenoxy) is 1. The maximum Gasteiger partial charge on any atom is 0.252 e. The molecule has 1 fully saturated rings. The summed E-state index contributed by atoms with van der Waals surface area (Å²) in [5, 5.41) is 5.99. The Hall–Kier alpha value is -1.62. The number of amides is 1. The predicted octanol–water partition coefficient (Wildman–Crippen LogP) is 1.81. The number of carbonyl (C=O) groups excluding carboxylic acids is 1. The summed E-state index contributed by atoms with van der Waals surface area (Å²) < 4.78 is 5.51. The number of pyridine rings is 1. The predicted molar refractivity (Wildman–Crippen MR) is 74.3 cm³/mol. The fourth-order valence-electron chi connectivity index (χ4n) is 2.13. The molecule has 19 heavy (non-hydrogen) atoms. The minimum absolute atomic E-state index is 0.0754. The van der Waals surface area contributed by atoms with E-state index in [9.17, 15) is 4.79 Å². The Morgan fingerprint density at radius 2 is 2.42 bits per heavy atom. The van der Waals surface area contributed by atoms with Crippen molar-refractivity contribution in [2.24, 2.45) is 0 Å². The Bertz CT molecular complexity index is 400. The molecule has 1 aromatic rings. The van der Waals surface area contributed by atoms with Gasteiger partial charge in [0.25, 0.3) is 5.91 Å². The molecule has 0 spiro atoms. The van der Waals surface area contributed by atoms with E-state index in [1.54, 1.807) is 12.3 Å². The highest BCUT2D eigenvalue weighted by Crippen LogP contribution is 2.14. The number of aromatic nitrogens is 1. The van der Waals surface area contributed by atoms with Crippen molar-refractivity contribution in [1.29, 1.82) is 0 Å². The minimum Gasteiger partial charge on any atom is -0.378 e. The Morgan fingerprint density at radius 3 is 3.05 bits per heavy atom. The lowest BCUT2D eigenvalue weighted by molar-refractivity contribution is 0.0907. The molecule has 1 aliphatic rings. The third-order valence-electron chi connectivity index (χ3n) is 3.16. The van der Waals surface area contributed by atoms with Crippen molar-refractivity contribution in [3.05, 3.63) is 23.9 Å². The summed E-state index contributed by atoms with van der Waals surface area (Å²) in [6, 6.07) is 3.60. The van der Waals surface area contributed by atoms with Gasteiger partial charge in [-0.25, -0.2) is 4.98 Å². The second-order valence-corrected chi connectivity index (χ2v) is 4.64. The van der Waals surface area contributed by atoms with E-state index in [0.29, 0.717) is 18.2 Å². The molecule has 1 saturated heterocycles. The molecule has 5 heteroatoms. The summed E-state index contributed by atoms with van der Waals surface area (Å²) in [4.78, 5) is 16.1. The number of anilines is 1. The van der Waals surface area contributed by atoms with E-state index in [-0.39, 0.29) is 5.91 Å². The monoisotopic (exact) mass is 263 g/mol. The molecule has 0 aromatic carbocycles. The van der Waals surface area contributed by atoms with E-state index in [0.717, 1.165) is 38.2 Å². The first-order chi connectivity index (χ1) is 9.29.